The highest BCUT2D eigenvalue weighted by atomic mass is 35.5. The van der Waals surface area contributed by atoms with Gasteiger partial charge in [0.05, 0.1) is 13.2 Å². The molecule has 0 radical (unpaired) electrons. The summed E-state index contributed by atoms with van der Waals surface area (Å²) in [6.07, 6.45) is 5.75. The highest BCUT2D eigenvalue weighted by molar-refractivity contribution is 6.21. The highest BCUT2D eigenvalue weighted by Crippen LogP contribution is 2.44. The van der Waals surface area contributed by atoms with Crippen LogP contribution >= 0.6 is 11.6 Å². The summed E-state index contributed by atoms with van der Waals surface area (Å²) < 4.78 is 37.1. The first kappa shape index (κ1) is 18.1. The zero-order valence-electron chi connectivity index (χ0n) is 12.6. The molecule has 1 saturated carbocycles. The van der Waals surface area contributed by atoms with Crippen molar-refractivity contribution in [3.63, 3.8) is 0 Å². The first-order valence-corrected chi connectivity index (χ1v) is 7.95. The number of hydrogen-bond donors (Lipinski definition) is 0. The molecule has 1 atom stereocenters. The van der Waals surface area contributed by atoms with Crippen molar-refractivity contribution in [3.8, 4) is 0 Å². The third-order valence-electron chi connectivity index (χ3n) is 4.40. The summed E-state index contributed by atoms with van der Waals surface area (Å²) in [6, 6.07) is 0. The van der Waals surface area contributed by atoms with Crippen LogP contribution in [0.1, 0.15) is 51.9 Å². The van der Waals surface area contributed by atoms with E-state index in [1.165, 1.54) is 19.3 Å². The molecular weight excluding hydrogens is 286 g/mol. The topological polar surface area (TPSA) is 18.5 Å². The summed E-state index contributed by atoms with van der Waals surface area (Å²) in [5.74, 6) is 0.391. The molecule has 0 aromatic rings. The van der Waals surface area contributed by atoms with Crippen LogP contribution in [0.25, 0.3) is 0 Å². The first-order chi connectivity index (χ1) is 9.43. The maximum Gasteiger partial charge on any atom is 0.321 e. The lowest BCUT2D eigenvalue weighted by molar-refractivity contribution is -0.0676. The van der Waals surface area contributed by atoms with Gasteiger partial charge in [-0.3, -0.25) is 0 Å². The number of hydrogen-bond acceptors (Lipinski definition) is 2. The Bertz CT molecular complexity index is 265. The van der Waals surface area contributed by atoms with Crippen molar-refractivity contribution in [2.45, 2.75) is 57.3 Å². The molecule has 1 aliphatic carbocycles. The predicted molar refractivity (Wildman–Crippen MR) is 77.4 cm³/mol. The highest BCUT2D eigenvalue weighted by Gasteiger charge is 2.42. The zero-order chi connectivity index (χ0) is 15.1. The summed E-state index contributed by atoms with van der Waals surface area (Å²) >= 11 is 5.10. The van der Waals surface area contributed by atoms with Crippen LogP contribution in [0.15, 0.2) is 0 Å². The lowest BCUT2D eigenvalue weighted by Gasteiger charge is -2.42. The van der Waals surface area contributed by atoms with Crippen LogP contribution in [0, 0.1) is 11.3 Å². The molecule has 5 heteroatoms. The molecule has 1 aliphatic rings. The number of ether oxygens (including phenoxy) is 2. The van der Waals surface area contributed by atoms with Gasteiger partial charge in [-0.05, 0) is 43.7 Å². The van der Waals surface area contributed by atoms with E-state index in [0.717, 1.165) is 12.8 Å². The molecule has 1 rings (SSSR count). The summed E-state index contributed by atoms with van der Waals surface area (Å²) in [6.45, 7) is 3.46. The molecule has 0 aliphatic heterocycles. The van der Waals surface area contributed by atoms with Crippen molar-refractivity contribution in [3.05, 3.63) is 0 Å². The summed E-state index contributed by atoms with van der Waals surface area (Å²) in [5.41, 5.74) is -0.330. The van der Waals surface area contributed by atoms with Crippen LogP contribution in [-0.4, -0.2) is 32.3 Å². The third-order valence-corrected chi connectivity index (χ3v) is 4.59. The Balaban J connectivity index is 2.80. The van der Waals surface area contributed by atoms with Gasteiger partial charge in [0.15, 0.2) is 0 Å². The molecule has 0 N–H and O–H groups in total. The van der Waals surface area contributed by atoms with Gasteiger partial charge in [0.25, 0.3) is 0 Å². The minimum Gasteiger partial charge on any atom is -0.384 e. The fraction of sp³-hybridized carbons (Fsp3) is 1.00. The SMILES string of the molecule is CCOCC(CCC(F)(F)Cl)(COC)C1CCCCC1. The second kappa shape index (κ2) is 8.50. The number of alkyl halides is 3. The van der Waals surface area contributed by atoms with Gasteiger partial charge in [-0.1, -0.05) is 19.3 Å². The minimum absolute atomic E-state index is 0.318. The fourth-order valence-electron chi connectivity index (χ4n) is 3.32. The maximum absolute atomic E-state index is 13.1. The van der Waals surface area contributed by atoms with Gasteiger partial charge in [-0.2, -0.15) is 8.78 Å². The quantitative estimate of drug-likeness (QED) is 0.567. The lowest BCUT2D eigenvalue weighted by atomic mass is 9.67. The molecular formula is C15H27ClF2O2. The number of rotatable bonds is 9. The fourth-order valence-corrected chi connectivity index (χ4v) is 3.42. The van der Waals surface area contributed by atoms with Crippen molar-refractivity contribution in [2.75, 3.05) is 26.9 Å². The molecule has 1 fully saturated rings. The molecule has 0 spiro atoms. The Morgan fingerprint density at radius 1 is 1.10 bits per heavy atom. The smallest absolute Gasteiger partial charge is 0.321 e. The van der Waals surface area contributed by atoms with Crippen LogP contribution in [0.5, 0.6) is 0 Å². The van der Waals surface area contributed by atoms with E-state index >= 15 is 0 Å². The van der Waals surface area contributed by atoms with Gasteiger partial charge >= 0.3 is 5.38 Å². The normalized spacial score (nSPS) is 20.9. The van der Waals surface area contributed by atoms with Gasteiger partial charge < -0.3 is 9.47 Å². The van der Waals surface area contributed by atoms with Gasteiger partial charge in [-0.15, -0.1) is 0 Å². The van der Waals surface area contributed by atoms with Crippen LogP contribution < -0.4 is 0 Å². The molecule has 0 aromatic heterocycles. The number of halogens is 3. The van der Waals surface area contributed by atoms with Crippen molar-refractivity contribution in [1.29, 1.82) is 0 Å². The molecule has 120 valence electrons. The van der Waals surface area contributed by atoms with Gasteiger partial charge in [0.1, 0.15) is 0 Å². The van der Waals surface area contributed by atoms with Crippen LogP contribution in [0.4, 0.5) is 8.78 Å². The van der Waals surface area contributed by atoms with E-state index in [9.17, 15) is 8.78 Å². The molecule has 0 bridgehead atoms. The van der Waals surface area contributed by atoms with E-state index in [4.69, 9.17) is 21.1 Å². The van der Waals surface area contributed by atoms with Gasteiger partial charge in [-0.25, -0.2) is 0 Å². The van der Waals surface area contributed by atoms with Gasteiger partial charge in [0.2, 0.25) is 0 Å². The molecule has 20 heavy (non-hydrogen) atoms. The standard InChI is InChI=1S/C15H27ClF2O2/c1-3-20-12-14(11-19-2,9-10-15(16,17)18)13-7-5-4-6-8-13/h13H,3-12H2,1-2H3. The minimum atomic E-state index is -3.14. The maximum atomic E-state index is 13.1. The monoisotopic (exact) mass is 312 g/mol. The Kier molecular flexibility index (Phi) is 7.70. The summed E-state index contributed by atoms with van der Waals surface area (Å²) in [4.78, 5) is 0. The second-order valence-corrected chi connectivity index (χ2v) is 6.44. The predicted octanol–water partition coefficient (Wildman–Crippen LogP) is 4.85. The van der Waals surface area contributed by atoms with Gasteiger partial charge in [0, 0.05) is 25.6 Å². The van der Waals surface area contributed by atoms with E-state index in [0.29, 0.717) is 32.2 Å². The van der Waals surface area contributed by atoms with E-state index in [1.807, 2.05) is 6.92 Å². The van der Waals surface area contributed by atoms with E-state index in [2.05, 4.69) is 0 Å². The van der Waals surface area contributed by atoms with Crippen molar-refractivity contribution < 1.29 is 18.3 Å². The van der Waals surface area contributed by atoms with Crippen LogP contribution in [0.3, 0.4) is 0 Å². The van der Waals surface area contributed by atoms with E-state index in [-0.39, 0.29) is 11.8 Å². The average molecular weight is 313 g/mol. The lowest BCUT2D eigenvalue weighted by Crippen LogP contribution is -2.41. The Morgan fingerprint density at radius 3 is 2.25 bits per heavy atom. The summed E-state index contributed by atoms with van der Waals surface area (Å²) in [7, 11) is 1.63. The third kappa shape index (κ3) is 5.82. The Hall–Kier alpha value is 0.0700. The van der Waals surface area contributed by atoms with Crippen molar-refractivity contribution in [1.82, 2.24) is 0 Å². The van der Waals surface area contributed by atoms with Crippen molar-refractivity contribution >= 4 is 11.6 Å². The largest absolute Gasteiger partial charge is 0.384 e. The summed E-state index contributed by atoms with van der Waals surface area (Å²) in [5, 5.41) is -3.14. The molecule has 1 unspecified atom stereocenters. The average Bonchev–Trinajstić information content (AvgIpc) is 2.42. The Labute approximate surface area is 126 Å². The molecule has 0 heterocycles. The van der Waals surface area contributed by atoms with E-state index < -0.39 is 5.38 Å². The molecule has 0 aromatic carbocycles. The number of methoxy groups -OCH3 is 1. The van der Waals surface area contributed by atoms with Crippen LogP contribution in [0.2, 0.25) is 0 Å². The van der Waals surface area contributed by atoms with E-state index in [1.54, 1.807) is 7.11 Å². The van der Waals surface area contributed by atoms with Crippen LogP contribution in [-0.2, 0) is 9.47 Å². The molecule has 0 saturated heterocycles. The molecule has 2 nitrogen and oxygen atoms in total. The zero-order valence-corrected chi connectivity index (χ0v) is 13.4. The van der Waals surface area contributed by atoms with Crippen molar-refractivity contribution in [2.24, 2.45) is 11.3 Å². The molecule has 0 amide bonds. The Morgan fingerprint density at radius 2 is 1.75 bits per heavy atom. The first-order valence-electron chi connectivity index (χ1n) is 7.57. The second-order valence-electron chi connectivity index (χ2n) is 5.88.